The lowest BCUT2D eigenvalue weighted by Gasteiger charge is -2.35. The van der Waals surface area contributed by atoms with Crippen molar-refractivity contribution in [2.24, 2.45) is 0 Å². The second-order valence-electron chi connectivity index (χ2n) is 4.68. The first-order valence-electron chi connectivity index (χ1n) is 3.89. The van der Waals surface area contributed by atoms with E-state index in [0.29, 0.717) is 0 Å². The van der Waals surface area contributed by atoms with Gasteiger partial charge >= 0.3 is 0 Å². The zero-order valence-electron chi connectivity index (χ0n) is 8.31. The SMILES string of the molecule is CC[N+](C)(C)C[N+](C)(C)C. The highest BCUT2D eigenvalue weighted by Gasteiger charge is 2.20. The molecule has 0 aromatic rings. The Labute approximate surface area is 65.2 Å². The van der Waals surface area contributed by atoms with Crippen LogP contribution in [0.3, 0.4) is 0 Å². The zero-order chi connectivity index (χ0) is 8.41. The van der Waals surface area contributed by atoms with Gasteiger partial charge in [-0.25, -0.2) is 0 Å². The van der Waals surface area contributed by atoms with Gasteiger partial charge in [-0.15, -0.1) is 0 Å². The molecule has 0 aliphatic heterocycles. The topological polar surface area (TPSA) is 0 Å². The molecule has 0 aliphatic rings. The minimum atomic E-state index is 1.04. The van der Waals surface area contributed by atoms with E-state index in [1.165, 1.54) is 13.2 Å². The highest BCUT2D eigenvalue weighted by molar-refractivity contribution is 4.16. The van der Waals surface area contributed by atoms with Gasteiger partial charge in [-0.05, 0) is 6.92 Å². The van der Waals surface area contributed by atoms with E-state index in [9.17, 15) is 0 Å². The number of hydrogen-bond acceptors (Lipinski definition) is 0. The van der Waals surface area contributed by atoms with E-state index >= 15 is 0 Å². The molecule has 0 saturated heterocycles. The molecule has 0 fully saturated rings. The number of hydrogen-bond donors (Lipinski definition) is 0. The van der Waals surface area contributed by atoms with Crippen LogP contribution in [0.2, 0.25) is 0 Å². The molecule has 0 saturated carbocycles. The van der Waals surface area contributed by atoms with Gasteiger partial charge in [0.05, 0.1) is 41.8 Å². The van der Waals surface area contributed by atoms with Crippen molar-refractivity contribution in [3.05, 3.63) is 0 Å². The maximum Gasteiger partial charge on any atom is 0.206 e. The van der Waals surface area contributed by atoms with Crippen molar-refractivity contribution >= 4 is 0 Å². The average Bonchev–Trinajstić information content (AvgIpc) is 1.60. The Hall–Kier alpha value is -0.0800. The van der Waals surface area contributed by atoms with Gasteiger partial charge in [-0.1, -0.05) is 0 Å². The summed E-state index contributed by atoms with van der Waals surface area (Å²) in [7, 11) is 11.2. The van der Waals surface area contributed by atoms with Crippen molar-refractivity contribution in [2.75, 3.05) is 48.5 Å². The molecule has 62 valence electrons. The summed E-state index contributed by atoms with van der Waals surface area (Å²) in [5.74, 6) is 0. The quantitative estimate of drug-likeness (QED) is 0.407. The molecular weight excluding hydrogens is 124 g/mol. The number of rotatable bonds is 3. The largest absolute Gasteiger partial charge is 0.284 e. The summed E-state index contributed by atoms with van der Waals surface area (Å²) >= 11 is 0. The normalized spacial score (nSPS) is 13.8. The Morgan fingerprint density at radius 3 is 1.40 bits per heavy atom. The molecule has 0 rings (SSSR count). The molecule has 0 atom stereocenters. The van der Waals surface area contributed by atoms with E-state index in [-0.39, 0.29) is 0 Å². The van der Waals surface area contributed by atoms with Crippen LogP contribution < -0.4 is 0 Å². The van der Waals surface area contributed by atoms with Gasteiger partial charge in [0.25, 0.3) is 0 Å². The Bertz CT molecular complexity index is 100. The van der Waals surface area contributed by atoms with Crippen LogP contribution in [0.5, 0.6) is 0 Å². The molecule has 2 nitrogen and oxygen atoms in total. The van der Waals surface area contributed by atoms with Gasteiger partial charge in [0.15, 0.2) is 0 Å². The monoisotopic (exact) mass is 146 g/mol. The molecule has 0 unspecified atom stereocenters. The van der Waals surface area contributed by atoms with Crippen LogP contribution in [0, 0.1) is 0 Å². The standard InChI is InChI=1S/C8H22N2/c1-7-10(5,6)8-9(2,3)4/h7-8H2,1-6H3/q+2. The zero-order valence-corrected chi connectivity index (χ0v) is 8.31. The van der Waals surface area contributed by atoms with Crippen LogP contribution in [0.15, 0.2) is 0 Å². The van der Waals surface area contributed by atoms with Crippen molar-refractivity contribution in [3.8, 4) is 0 Å². The minimum absolute atomic E-state index is 1.04. The van der Waals surface area contributed by atoms with Crippen LogP contribution >= 0.6 is 0 Å². The highest BCUT2D eigenvalue weighted by atomic mass is 15.5. The van der Waals surface area contributed by atoms with Gasteiger partial charge in [0.2, 0.25) is 6.67 Å². The lowest BCUT2D eigenvalue weighted by Crippen LogP contribution is -2.53. The Morgan fingerprint density at radius 1 is 0.900 bits per heavy atom. The van der Waals surface area contributed by atoms with Gasteiger partial charge in [-0.2, -0.15) is 0 Å². The van der Waals surface area contributed by atoms with Crippen LogP contribution in [-0.2, 0) is 0 Å². The summed E-state index contributed by atoms with van der Waals surface area (Å²) in [5, 5.41) is 0. The highest BCUT2D eigenvalue weighted by Crippen LogP contribution is 2.01. The maximum atomic E-state index is 2.27. The molecule has 0 amide bonds. The van der Waals surface area contributed by atoms with E-state index in [1.54, 1.807) is 0 Å². The Morgan fingerprint density at radius 2 is 1.30 bits per heavy atom. The molecule has 2 heteroatoms. The second-order valence-corrected chi connectivity index (χ2v) is 4.68. The predicted octanol–water partition coefficient (Wildman–Crippen LogP) is 0.746. The first kappa shape index (κ1) is 9.92. The molecule has 0 aromatic carbocycles. The summed E-state index contributed by atoms with van der Waals surface area (Å²) in [6, 6.07) is 0. The van der Waals surface area contributed by atoms with Gasteiger partial charge in [0.1, 0.15) is 0 Å². The smallest absolute Gasteiger partial charge is 0.206 e. The van der Waals surface area contributed by atoms with Gasteiger partial charge in [0, 0.05) is 0 Å². The fraction of sp³-hybridized carbons (Fsp3) is 1.00. The number of quaternary nitrogens is 2. The van der Waals surface area contributed by atoms with Crippen molar-refractivity contribution in [2.45, 2.75) is 6.92 Å². The van der Waals surface area contributed by atoms with Crippen LogP contribution in [0.1, 0.15) is 6.92 Å². The minimum Gasteiger partial charge on any atom is -0.284 e. The summed E-state index contributed by atoms with van der Waals surface area (Å²) in [6.45, 7) is 4.63. The van der Waals surface area contributed by atoms with E-state index in [0.717, 1.165) is 8.97 Å². The molecule has 10 heavy (non-hydrogen) atoms. The third kappa shape index (κ3) is 4.77. The van der Waals surface area contributed by atoms with E-state index in [4.69, 9.17) is 0 Å². The Kier molecular flexibility index (Phi) is 2.86. The summed E-state index contributed by atoms with van der Waals surface area (Å²) in [5.41, 5.74) is 0. The second kappa shape index (κ2) is 2.89. The molecular formula is C8H22N2+2. The number of nitrogens with zero attached hydrogens (tertiary/aromatic N) is 2. The molecule has 0 N–H and O–H groups in total. The lowest BCUT2D eigenvalue weighted by molar-refractivity contribution is -1.06. The van der Waals surface area contributed by atoms with Crippen molar-refractivity contribution < 1.29 is 8.97 Å². The van der Waals surface area contributed by atoms with Gasteiger partial charge in [-0.3, -0.25) is 8.97 Å². The van der Waals surface area contributed by atoms with E-state index in [2.05, 4.69) is 42.2 Å². The molecule has 0 spiro atoms. The molecule has 0 bridgehead atoms. The van der Waals surface area contributed by atoms with Gasteiger partial charge < -0.3 is 0 Å². The van der Waals surface area contributed by atoms with E-state index < -0.39 is 0 Å². The molecule has 0 radical (unpaired) electrons. The maximum absolute atomic E-state index is 2.27. The third-order valence-corrected chi connectivity index (χ3v) is 1.66. The first-order chi connectivity index (χ1) is 4.27. The summed E-state index contributed by atoms with van der Waals surface area (Å²) < 4.78 is 2.14. The van der Waals surface area contributed by atoms with Crippen molar-refractivity contribution in [1.82, 2.24) is 0 Å². The van der Waals surface area contributed by atoms with Crippen molar-refractivity contribution in [1.29, 1.82) is 0 Å². The Balaban J connectivity index is 3.89. The van der Waals surface area contributed by atoms with Crippen molar-refractivity contribution in [3.63, 3.8) is 0 Å². The van der Waals surface area contributed by atoms with Crippen LogP contribution in [-0.4, -0.2) is 57.4 Å². The summed E-state index contributed by atoms with van der Waals surface area (Å²) in [6.07, 6.45) is 0. The predicted molar refractivity (Wildman–Crippen MR) is 45.5 cm³/mol. The molecule has 0 heterocycles. The van der Waals surface area contributed by atoms with Crippen LogP contribution in [0.25, 0.3) is 0 Å². The van der Waals surface area contributed by atoms with Crippen LogP contribution in [0.4, 0.5) is 0 Å². The average molecular weight is 146 g/mol. The molecule has 0 aromatic heterocycles. The fourth-order valence-corrected chi connectivity index (χ4v) is 1.25. The summed E-state index contributed by atoms with van der Waals surface area (Å²) in [4.78, 5) is 0. The van der Waals surface area contributed by atoms with E-state index in [1.807, 2.05) is 0 Å². The first-order valence-corrected chi connectivity index (χ1v) is 3.89. The lowest BCUT2D eigenvalue weighted by atomic mass is 10.5. The third-order valence-electron chi connectivity index (χ3n) is 1.66. The fourth-order valence-electron chi connectivity index (χ4n) is 1.25. The molecule has 0 aliphatic carbocycles.